The summed E-state index contributed by atoms with van der Waals surface area (Å²) in [6.07, 6.45) is 3.44. The highest BCUT2D eigenvalue weighted by atomic mass is 127. The Morgan fingerprint density at radius 3 is 2.73 bits per heavy atom. The van der Waals surface area contributed by atoms with Crippen LogP contribution in [0.1, 0.15) is 19.4 Å². The van der Waals surface area contributed by atoms with Crippen LogP contribution in [0.2, 0.25) is 0 Å². The van der Waals surface area contributed by atoms with Crippen LogP contribution in [-0.2, 0) is 14.8 Å². The zero-order valence-corrected chi connectivity index (χ0v) is 16.8. The first kappa shape index (κ1) is 18.4. The zero-order valence-electron chi connectivity index (χ0n) is 14.6. The summed E-state index contributed by atoms with van der Waals surface area (Å²) in [5, 5.41) is 16.5. The molecular weight excluding hydrogens is 441 g/mol. The number of hydrogen-bond acceptors (Lipinski definition) is 3. The Kier molecular flexibility index (Phi) is 5.31. The van der Waals surface area contributed by atoms with E-state index >= 15 is 0 Å². The number of hydrogen-bond donors (Lipinski definition) is 2. The molecule has 0 spiro atoms. The third kappa shape index (κ3) is 4.43. The van der Waals surface area contributed by atoms with Crippen LogP contribution >= 0.6 is 22.6 Å². The number of anilines is 2. The minimum Gasteiger partial charge on any atom is -0.480 e. The molecule has 1 aromatic heterocycles. The van der Waals surface area contributed by atoms with Crippen molar-refractivity contribution in [2.75, 3.05) is 5.32 Å². The number of rotatable bonds is 6. The molecule has 0 saturated carbocycles. The van der Waals surface area contributed by atoms with E-state index in [1.807, 2.05) is 36.4 Å². The summed E-state index contributed by atoms with van der Waals surface area (Å²) in [7, 11) is 0. The highest BCUT2D eigenvalue weighted by molar-refractivity contribution is 14.1. The molecule has 2 aromatic carbocycles. The van der Waals surface area contributed by atoms with Gasteiger partial charge in [-0.05, 0) is 37.6 Å². The fraction of sp³-hybridized carbons (Fsp3) is 0.200. The van der Waals surface area contributed by atoms with Crippen molar-refractivity contribution in [2.45, 2.75) is 23.8 Å². The van der Waals surface area contributed by atoms with Crippen LogP contribution in [0.15, 0.2) is 60.9 Å². The number of alkyl halides is 1. The van der Waals surface area contributed by atoms with Crippen LogP contribution in [0.25, 0.3) is 11.1 Å². The third-order valence-corrected chi connectivity index (χ3v) is 4.62. The molecule has 0 saturated heterocycles. The van der Waals surface area contributed by atoms with E-state index in [0.29, 0.717) is 0 Å². The van der Waals surface area contributed by atoms with Gasteiger partial charge in [-0.3, -0.25) is 9.48 Å². The van der Waals surface area contributed by atoms with Crippen molar-refractivity contribution >= 4 is 39.9 Å². The van der Waals surface area contributed by atoms with Gasteiger partial charge in [-0.2, -0.15) is 5.10 Å². The molecule has 3 aromatic rings. The number of carbonyl (C=O) groups is 1. The van der Waals surface area contributed by atoms with Gasteiger partial charge >= 0.3 is 5.97 Å². The van der Waals surface area contributed by atoms with Gasteiger partial charge in [0.25, 0.3) is 0 Å². The van der Waals surface area contributed by atoms with E-state index in [9.17, 15) is 4.79 Å². The molecule has 0 fully saturated rings. The number of aromatic nitrogens is 2. The molecule has 1 heterocycles. The van der Waals surface area contributed by atoms with Crippen molar-refractivity contribution in [1.82, 2.24) is 9.78 Å². The molecular formula is C20H20IN3O2. The number of benzene rings is 2. The van der Waals surface area contributed by atoms with Crippen molar-refractivity contribution in [3.05, 3.63) is 66.5 Å². The van der Waals surface area contributed by atoms with Crippen molar-refractivity contribution in [1.29, 1.82) is 0 Å². The second-order valence-electron chi connectivity index (χ2n) is 6.54. The Labute approximate surface area is 166 Å². The molecule has 3 rings (SSSR count). The summed E-state index contributed by atoms with van der Waals surface area (Å²) in [4.78, 5) is 10.9. The average Bonchev–Trinajstić information content (AvgIpc) is 3.02. The van der Waals surface area contributed by atoms with Gasteiger partial charge in [0.05, 0.1) is 6.20 Å². The summed E-state index contributed by atoms with van der Waals surface area (Å²) in [6.45, 7) is 4.21. The smallest absolute Gasteiger partial charge is 0.325 e. The average molecular weight is 461 g/mol. The maximum atomic E-state index is 10.9. The predicted octanol–water partition coefficient (Wildman–Crippen LogP) is 5.05. The number of nitrogens with zero attached hydrogens (tertiary/aromatic N) is 2. The molecule has 0 aliphatic carbocycles. The Morgan fingerprint density at radius 2 is 2.00 bits per heavy atom. The number of aliphatic carboxylic acids is 1. The number of halogens is 1. The van der Waals surface area contributed by atoms with Gasteiger partial charge in [0, 0.05) is 32.1 Å². The summed E-state index contributed by atoms with van der Waals surface area (Å²) in [5.74, 6) is -0.913. The van der Waals surface area contributed by atoms with Crippen LogP contribution in [0.3, 0.4) is 0 Å². The lowest BCUT2D eigenvalue weighted by atomic mass is 10.0. The molecule has 0 radical (unpaired) electrons. The van der Waals surface area contributed by atoms with E-state index in [4.69, 9.17) is 5.11 Å². The second-order valence-corrected chi connectivity index (χ2v) is 9.24. The van der Waals surface area contributed by atoms with Gasteiger partial charge in [-0.15, -0.1) is 0 Å². The highest BCUT2D eigenvalue weighted by Crippen LogP contribution is 2.34. The van der Waals surface area contributed by atoms with Crippen molar-refractivity contribution < 1.29 is 9.90 Å². The van der Waals surface area contributed by atoms with Crippen LogP contribution in [0, 0.1) is 0 Å². The van der Waals surface area contributed by atoms with E-state index in [-0.39, 0.29) is 9.97 Å². The van der Waals surface area contributed by atoms with Crippen LogP contribution in [-0.4, -0.2) is 20.9 Å². The van der Waals surface area contributed by atoms with Gasteiger partial charge in [-0.1, -0.05) is 52.9 Å². The molecule has 134 valence electrons. The molecule has 0 bridgehead atoms. The van der Waals surface area contributed by atoms with Gasteiger partial charge in [0.1, 0.15) is 6.54 Å². The fourth-order valence-corrected chi connectivity index (χ4v) is 3.03. The molecule has 2 N–H and O–H groups in total. The van der Waals surface area contributed by atoms with Gasteiger partial charge < -0.3 is 10.4 Å². The first-order valence-electron chi connectivity index (χ1n) is 8.23. The molecule has 26 heavy (non-hydrogen) atoms. The summed E-state index contributed by atoms with van der Waals surface area (Å²) in [6, 6.07) is 16.3. The van der Waals surface area contributed by atoms with Gasteiger partial charge in [0.2, 0.25) is 0 Å². The molecule has 0 unspecified atom stereocenters. The topological polar surface area (TPSA) is 67.2 Å². The van der Waals surface area contributed by atoms with Gasteiger partial charge in [-0.25, -0.2) is 0 Å². The number of nitrogens with one attached hydrogen (secondary N) is 1. The minimum atomic E-state index is -0.913. The lowest BCUT2D eigenvalue weighted by molar-refractivity contribution is -0.137. The zero-order chi connectivity index (χ0) is 18.7. The SMILES string of the molecule is CC(C)(I)c1cccc(Nc2ccccc2-c2cnn(CC(=O)O)c2)c1. The Hall–Kier alpha value is -2.35. The Morgan fingerprint density at radius 1 is 1.23 bits per heavy atom. The third-order valence-electron chi connectivity index (χ3n) is 4.00. The first-order chi connectivity index (χ1) is 12.3. The van der Waals surface area contributed by atoms with Crippen LogP contribution in [0.5, 0.6) is 0 Å². The van der Waals surface area contributed by atoms with E-state index < -0.39 is 5.97 Å². The second kappa shape index (κ2) is 7.49. The lowest BCUT2D eigenvalue weighted by Crippen LogP contribution is -2.08. The van der Waals surface area contributed by atoms with Crippen molar-refractivity contribution in [3.63, 3.8) is 0 Å². The molecule has 0 atom stereocenters. The lowest BCUT2D eigenvalue weighted by Gasteiger charge is -2.19. The van der Waals surface area contributed by atoms with Crippen LogP contribution in [0.4, 0.5) is 11.4 Å². The van der Waals surface area contributed by atoms with Crippen molar-refractivity contribution in [3.8, 4) is 11.1 Å². The Bertz CT molecular complexity index is 929. The molecule has 6 heteroatoms. The standard InChI is InChI=1S/C20H20IN3O2/c1-20(2,21)15-6-5-7-16(10-15)23-18-9-4-3-8-17(18)14-11-22-24(12-14)13-19(25)26/h3-12,23H,13H2,1-2H3,(H,25,26). The molecule has 5 nitrogen and oxygen atoms in total. The normalized spacial score (nSPS) is 11.3. The molecule has 0 amide bonds. The predicted molar refractivity (Wildman–Crippen MR) is 112 cm³/mol. The number of para-hydroxylation sites is 1. The maximum Gasteiger partial charge on any atom is 0.325 e. The summed E-state index contributed by atoms with van der Waals surface area (Å²) < 4.78 is 1.47. The van der Waals surface area contributed by atoms with E-state index in [2.05, 4.69) is 59.0 Å². The summed E-state index contributed by atoms with van der Waals surface area (Å²) >= 11 is 2.43. The van der Waals surface area contributed by atoms with Crippen molar-refractivity contribution in [2.24, 2.45) is 0 Å². The fourth-order valence-electron chi connectivity index (χ4n) is 2.69. The number of carboxylic acid groups (broad SMARTS) is 1. The Balaban J connectivity index is 1.91. The van der Waals surface area contributed by atoms with E-state index in [1.54, 1.807) is 12.4 Å². The first-order valence-corrected chi connectivity index (χ1v) is 9.31. The summed E-state index contributed by atoms with van der Waals surface area (Å²) in [5.41, 5.74) is 5.06. The van der Waals surface area contributed by atoms with E-state index in [1.165, 1.54) is 10.2 Å². The maximum absolute atomic E-state index is 10.9. The highest BCUT2D eigenvalue weighted by Gasteiger charge is 2.16. The number of carboxylic acids is 1. The van der Waals surface area contributed by atoms with Crippen LogP contribution < -0.4 is 5.32 Å². The van der Waals surface area contributed by atoms with E-state index in [0.717, 1.165) is 22.5 Å². The quantitative estimate of drug-likeness (QED) is 0.399. The van der Waals surface area contributed by atoms with Gasteiger partial charge in [0.15, 0.2) is 0 Å². The molecule has 0 aliphatic heterocycles. The minimum absolute atomic E-state index is 0.0486. The largest absolute Gasteiger partial charge is 0.480 e. The monoisotopic (exact) mass is 461 g/mol. The molecule has 0 aliphatic rings.